The molecule has 0 bridgehead atoms. The Balaban J connectivity index is 2.40. The highest BCUT2D eigenvalue weighted by atomic mass is 35.5. The van der Waals surface area contributed by atoms with Gasteiger partial charge < -0.3 is 0 Å². The zero-order chi connectivity index (χ0) is 12.5. The van der Waals surface area contributed by atoms with Gasteiger partial charge in [0.2, 0.25) is 10.0 Å². The average molecular weight is 288 g/mol. The predicted octanol–water partition coefficient (Wildman–Crippen LogP) is 2.64. The molecule has 0 amide bonds. The summed E-state index contributed by atoms with van der Waals surface area (Å²) in [4.78, 5) is 0. The van der Waals surface area contributed by atoms with Gasteiger partial charge in [0.1, 0.15) is 4.21 Å². The monoisotopic (exact) mass is 287 g/mol. The van der Waals surface area contributed by atoms with Crippen molar-refractivity contribution >= 4 is 33.0 Å². The molecule has 3 nitrogen and oxygen atoms in total. The van der Waals surface area contributed by atoms with Crippen LogP contribution in [0.15, 0.2) is 40.6 Å². The normalized spacial score (nSPS) is 11.6. The van der Waals surface area contributed by atoms with Crippen LogP contribution in [0.4, 0.5) is 0 Å². The maximum atomic E-state index is 11.4. The predicted molar refractivity (Wildman–Crippen MR) is 70.0 cm³/mol. The topological polar surface area (TPSA) is 60.2 Å². The van der Waals surface area contributed by atoms with E-state index in [0.717, 1.165) is 16.9 Å². The molecule has 1 aromatic carbocycles. The summed E-state index contributed by atoms with van der Waals surface area (Å²) in [7, 11) is -3.70. The van der Waals surface area contributed by atoms with E-state index in [1.807, 2.05) is 30.3 Å². The molecule has 0 spiro atoms. The highest BCUT2D eigenvalue weighted by Crippen LogP contribution is 2.31. The van der Waals surface area contributed by atoms with Crippen molar-refractivity contribution in [3.63, 3.8) is 0 Å². The lowest BCUT2D eigenvalue weighted by atomic mass is 10.1. The Hall–Kier alpha value is -0.880. The number of nitrogens with two attached hydrogens (primary N) is 1. The third-order valence-corrected chi connectivity index (χ3v) is 5.06. The van der Waals surface area contributed by atoms with E-state index in [9.17, 15) is 8.42 Å². The van der Waals surface area contributed by atoms with Crippen LogP contribution in [0.5, 0.6) is 0 Å². The second-order valence-corrected chi connectivity index (χ2v) is 7.01. The maximum Gasteiger partial charge on any atom is 0.247 e. The molecule has 90 valence electrons. The van der Waals surface area contributed by atoms with Gasteiger partial charge in [-0.1, -0.05) is 41.9 Å². The standard InChI is InChI=1S/C11H10ClNO2S2/c12-10-7-9(11(16-10)17(13,14)15)6-8-4-2-1-3-5-8/h1-5,7H,6H2,(H2,13,14,15). The summed E-state index contributed by atoms with van der Waals surface area (Å²) in [6, 6.07) is 11.2. The maximum absolute atomic E-state index is 11.4. The Morgan fingerprint density at radius 1 is 1.24 bits per heavy atom. The second kappa shape index (κ2) is 4.78. The third kappa shape index (κ3) is 3.07. The minimum atomic E-state index is -3.70. The molecule has 0 radical (unpaired) electrons. The van der Waals surface area contributed by atoms with Crippen LogP contribution in [0, 0.1) is 0 Å². The number of primary sulfonamides is 1. The molecule has 0 saturated heterocycles. The van der Waals surface area contributed by atoms with E-state index in [0.29, 0.717) is 16.3 Å². The summed E-state index contributed by atoms with van der Waals surface area (Å²) in [5, 5.41) is 5.15. The van der Waals surface area contributed by atoms with Gasteiger partial charge in [0.05, 0.1) is 4.34 Å². The van der Waals surface area contributed by atoms with E-state index >= 15 is 0 Å². The number of hydrogen-bond donors (Lipinski definition) is 1. The first kappa shape index (κ1) is 12.6. The Morgan fingerprint density at radius 3 is 2.47 bits per heavy atom. The molecule has 0 aliphatic rings. The van der Waals surface area contributed by atoms with Crippen molar-refractivity contribution in [3.05, 3.63) is 51.9 Å². The van der Waals surface area contributed by atoms with Crippen LogP contribution in [0.2, 0.25) is 4.34 Å². The molecule has 0 atom stereocenters. The van der Waals surface area contributed by atoms with Crippen molar-refractivity contribution in [2.75, 3.05) is 0 Å². The largest absolute Gasteiger partial charge is 0.247 e. The molecule has 0 fully saturated rings. The van der Waals surface area contributed by atoms with E-state index in [1.165, 1.54) is 0 Å². The first-order valence-electron chi connectivity index (χ1n) is 4.82. The second-order valence-electron chi connectivity index (χ2n) is 3.57. The number of sulfonamides is 1. The Kier molecular flexibility index (Phi) is 3.53. The summed E-state index contributed by atoms with van der Waals surface area (Å²) in [5.74, 6) is 0. The molecule has 0 aliphatic carbocycles. The van der Waals surface area contributed by atoms with Crippen LogP contribution in [-0.4, -0.2) is 8.42 Å². The molecule has 2 aromatic rings. The number of thiophene rings is 1. The number of rotatable bonds is 3. The molecule has 0 aliphatic heterocycles. The van der Waals surface area contributed by atoms with Crippen molar-refractivity contribution in [1.29, 1.82) is 0 Å². The zero-order valence-electron chi connectivity index (χ0n) is 8.76. The Morgan fingerprint density at radius 2 is 1.88 bits per heavy atom. The molecule has 2 rings (SSSR count). The average Bonchev–Trinajstić information content (AvgIpc) is 2.60. The summed E-state index contributed by atoms with van der Waals surface area (Å²) >= 11 is 6.83. The van der Waals surface area contributed by atoms with Gasteiger partial charge in [-0.15, -0.1) is 11.3 Å². The minimum absolute atomic E-state index is 0.145. The lowest BCUT2D eigenvalue weighted by Crippen LogP contribution is -2.12. The summed E-state index contributed by atoms with van der Waals surface area (Å²) in [5.41, 5.74) is 1.67. The lowest BCUT2D eigenvalue weighted by molar-refractivity contribution is 0.599. The van der Waals surface area contributed by atoms with E-state index < -0.39 is 10.0 Å². The number of halogens is 1. The van der Waals surface area contributed by atoms with E-state index in [2.05, 4.69) is 0 Å². The van der Waals surface area contributed by atoms with Crippen LogP contribution in [0.1, 0.15) is 11.1 Å². The highest BCUT2D eigenvalue weighted by molar-refractivity contribution is 7.91. The molecule has 6 heteroatoms. The quantitative estimate of drug-likeness (QED) is 0.943. The van der Waals surface area contributed by atoms with Gasteiger partial charge in [-0.2, -0.15) is 0 Å². The van der Waals surface area contributed by atoms with Crippen LogP contribution >= 0.6 is 22.9 Å². The number of hydrogen-bond acceptors (Lipinski definition) is 3. The van der Waals surface area contributed by atoms with Crippen LogP contribution < -0.4 is 5.14 Å². The third-order valence-electron chi connectivity index (χ3n) is 2.24. The fourth-order valence-corrected chi connectivity index (χ4v) is 3.93. The summed E-state index contributed by atoms with van der Waals surface area (Å²) in [6.07, 6.45) is 0.510. The fourth-order valence-electron chi connectivity index (χ4n) is 1.56. The molecule has 1 heterocycles. The van der Waals surface area contributed by atoms with E-state index in [4.69, 9.17) is 16.7 Å². The lowest BCUT2D eigenvalue weighted by Gasteiger charge is -2.01. The van der Waals surface area contributed by atoms with Gasteiger partial charge in [-0.05, 0) is 23.6 Å². The van der Waals surface area contributed by atoms with E-state index in [1.54, 1.807) is 6.07 Å². The van der Waals surface area contributed by atoms with Crippen LogP contribution in [0.25, 0.3) is 0 Å². The van der Waals surface area contributed by atoms with Gasteiger partial charge in [-0.25, -0.2) is 13.6 Å². The van der Waals surface area contributed by atoms with Gasteiger partial charge in [0.15, 0.2) is 0 Å². The molecule has 0 unspecified atom stereocenters. The van der Waals surface area contributed by atoms with E-state index in [-0.39, 0.29) is 4.21 Å². The van der Waals surface area contributed by atoms with Crippen molar-refractivity contribution in [2.24, 2.45) is 5.14 Å². The van der Waals surface area contributed by atoms with Crippen LogP contribution in [-0.2, 0) is 16.4 Å². The molecular formula is C11H10ClNO2S2. The first-order chi connectivity index (χ1) is 7.97. The van der Waals surface area contributed by atoms with Gasteiger partial charge >= 0.3 is 0 Å². The molecule has 2 N–H and O–H groups in total. The molecule has 1 aromatic heterocycles. The Labute approximate surface area is 109 Å². The highest BCUT2D eigenvalue weighted by Gasteiger charge is 2.18. The number of benzene rings is 1. The summed E-state index contributed by atoms with van der Waals surface area (Å²) in [6.45, 7) is 0. The van der Waals surface area contributed by atoms with Gasteiger partial charge in [0, 0.05) is 0 Å². The van der Waals surface area contributed by atoms with Crippen molar-refractivity contribution in [1.82, 2.24) is 0 Å². The molecular weight excluding hydrogens is 278 g/mol. The van der Waals surface area contributed by atoms with Crippen molar-refractivity contribution < 1.29 is 8.42 Å². The fraction of sp³-hybridized carbons (Fsp3) is 0.0909. The Bertz CT molecular complexity index is 620. The van der Waals surface area contributed by atoms with Gasteiger partial charge in [0.25, 0.3) is 0 Å². The molecule has 0 saturated carbocycles. The molecule has 17 heavy (non-hydrogen) atoms. The smallest absolute Gasteiger partial charge is 0.224 e. The minimum Gasteiger partial charge on any atom is -0.224 e. The summed E-state index contributed by atoms with van der Waals surface area (Å²) < 4.78 is 23.3. The van der Waals surface area contributed by atoms with Gasteiger partial charge in [-0.3, -0.25) is 0 Å². The first-order valence-corrected chi connectivity index (χ1v) is 7.56. The van der Waals surface area contributed by atoms with Crippen molar-refractivity contribution in [2.45, 2.75) is 10.6 Å². The van der Waals surface area contributed by atoms with Crippen molar-refractivity contribution in [3.8, 4) is 0 Å². The zero-order valence-corrected chi connectivity index (χ0v) is 11.1. The van der Waals surface area contributed by atoms with Crippen LogP contribution in [0.3, 0.4) is 0 Å². The SMILES string of the molecule is NS(=O)(=O)c1sc(Cl)cc1Cc1ccccc1.